The highest BCUT2D eigenvalue weighted by Crippen LogP contribution is 2.35. The highest BCUT2D eigenvalue weighted by molar-refractivity contribution is 5.92. The number of halogens is 1. The minimum absolute atomic E-state index is 0.0401. The van der Waals surface area contributed by atoms with E-state index in [0.29, 0.717) is 12.3 Å². The molecule has 2 aromatic rings. The summed E-state index contributed by atoms with van der Waals surface area (Å²) in [4.78, 5) is 17.3. The topological polar surface area (TPSA) is 42.0 Å². The predicted molar refractivity (Wildman–Crippen MR) is 112 cm³/mol. The average molecular weight is 383 g/mol. The molecule has 0 saturated carbocycles. The molecule has 4 heteroatoms. The van der Waals surface area contributed by atoms with Crippen LogP contribution in [0.1, 0.15) is 74.0 Å². The van der Waals surface area contributed by atoms with Crippen LogP contribution in [0.5, 0.6) is 0 Å². The van der Waals surface area contributed by atoms with Crippen molar-refractivity contribution in [3.63, 3.8) is 0 Å². The number of amides is 1. The van der Waals surface area contributed by atoms with Crippen molar-refractivity contribution in [3.05, 3.63) is 58.2 Å². The molecular weight excluding hydrogens is 351 g/mol. The summed E-state index contributed by atoms with van der Waals surface area (Å²) in [5.74, 6) is 0.260. The molecule has 1 aromatic carbocycles. The lowest BCUT2D eigenvalue weighted by Crippen LogP contribution is -2.21. The fourth-order valence-corrected chi connectivity index (χ4v) is 4.19. The summed E-state index contributed by atoms with van der Waals surface area (Å²) in [5, 5.41) is 3.11. The van der Waals surface area contributed by atoms with Crippen LogP contribution in [0.15, 0.2) is 24.3 Å². The lowest BCUT2D eigenvalue weighted by atomic mass is 9.91. The van der Waals surface area contributed by atoms with Gasteiger partial charge in [-0.3, -0.25) is 9.78 Å². The first-order chi connectivity index (χ1) is 13.1. The third-order valence-corrected chi connectivity index (χ3v) is 5.61. The molecule has 1 amide bonds. The molecule has 0 aliphatic heterocycles. The maximum Gasteiger partial charge on any atom is 0.224 e. The smallest absolute Gasteiger partial charge is 0.224 e. The van der Waals surface area contributed by atoms with Gasteiger partial charge in [0.25, 0.3) is 0 Å². The Morgan fingerprint density at radius 2 is 1.79 bits per heavy atom. The molecule has 1 heterocycles. The van der Waals surface area contributed by atoms with Crippen molar-refractivity contribution in [3.8, 4) is 0 Å². The Balaban J connectivity index is 1.82. The number of aromatic nitrogens is 1. The Kier molecular flexibility index (Phi) is 5.87. The van der Waals surface area contributed by atoms with Gasteiger partial charge < -0.3 is 5.32 Å². The molecule has 28 heavy (non-hydrogen) atoms. The van der Waals surface area contributed by atoms with Gasteiger partial charge in [-0.15, -0.1) is 0 Å². The highest BCUT2D eigenvalue weighted by Gasteiger charge is 2.24. The normalized spacial score (nSPS) is 17.0. The number of nitrogens with one attached hydrogen (secondary N) is 1. The number of benzene rings is 1. The number of carbonyl (C=O) groups is 1. The van der Waals surface area contributed by atoms with Crippen molar-refractivity contribution in [2.24, 2.45) is 5.41 Å². The molecule has 3 rings (SSSR count). The molecule has 3 nitrogen and oxygen atoms in total. The van der Waals surface area contributed by atoms with E-state index in [-0.39, 0.29) is 17.1 Å². The molecule has 1 aliphatic carbocycles. The first-order valence-corrected chi connectivity index (χ1v) is 10.2. The van der Waals surface area contributed by atoms with Crippen LogP contribution in [0, 0.1) is 25.1 Å². The molecule has 0 spiro atoms. The number of pyridine rings is 1. The van der Waals surface area contributed by atoms with Gasteiger partial charge in [0, 0.05) is 12.1 Å². The minimum Gasteiger partial charge on any atom is -0.324 e. The quantitative estimate of drug-likeness (QED) is 0.674. The van der Waals surface area contributed by atoms with Crippen LogP contribution in [-0.4, -0.2) is 10.9 Å². The molecule has 1 aromatic heterocycles. The number of nitrogens with zero attached hydrogens (tertiary/aromatic N) is 1. The lowest BCUT2D eigenvalue weighted by Gasteiger charge is -2.20. The summed E-state index contributed by atoms with van der Waals surface area (Å²) >= 11 is 0. The van der Waals surface area contributed by atoms with Gasteiger partial charge in [-0.1, -0.05) is 32.9 Å². The summed E-state index contributed by atoms with van der Waals surface area (Å²) in [6.45, 7) is 10.3. The van der Waals surface area contributed by atoms with E-state index in [4.69, 9.17) is 4.98 Å². The summed E-state index contributed by atoms with van der Waals surface area (Å²) < 4.78 is 13.3. The van der Waals surface area contributed by atoms with E-state index in [0.717, 1.165) is 48.3 Å². The molecule has 0 saturated heterocycles. The third kappa shape index (κ3) is 4.78. The second-order valence-electron chi connectivity index (χ2n) is 9.23. The number of carbonyl (C=O) groups excluding carboxylic acids is 1. The number of anilines is 1. The molecular formula is C24H31FN2O. The van der Waals surface area contributed by atoms with E-state index >= 15 is 0 Å². The Morgan fingerprint density at radius 1 is 1.14 bits per heavy atom. The molecule has 150 valence electrons. The van der Waals surface area contributed by atoms with Gasteiger partial charge in [-0.2, -0.15) is 0 Å². The zero-order chi connectivity index (χ0) is 20.5. The van der Waals surface area contributed by atoms with Crippen molar-refractivity contribution in [2.75, 3.05) is 5.32 Å². The van der Waals surface area contributed by atoms with Crippen molar-refractivity contribution >= 4 is 11.6 Å². The van der Waals surface area contributed by atoms with Crippen LogP contribution in [0.2, 0.25) is 0 Å². The van der Waals surface area contributed by atoms with Gasteiger partial charge in [0.05, 0.1) is 11.4 Å². The molecule has 1 unspecified atom stereocenters. The van der Waals surface area contributed by atoms with E-state index < -0.39 is 0 Å². The highest BCUT2D eigenvalue weighted by atomic mass is 19.1. The fourth-order valence-electron chi connectivity index (χ4n) is 4.19. The van der Waals surface area contributed by atoms with E-state index in [1.807, 2.05) is 19.1 Å². The molecule has 0 radical (unpaired) electrons. The SMILES string of the molecule is Cc1nc2c(c(C)c1NC(=O)CC(C)(C)C)CCC(c1ccc(F)cc1)CC2. The lowest BCUT2D eigenvalue weighted by molar-refractivity contribution is -0.117. The minimum atomic E-state index is -0.190. The van der Waals surface area contributed by atoms with Crippen molar-refractivity contribution < 1.29 is 9.18 Å². The molecule has 0 fully saturated rings. The van der Waals surface area contributed by atoms with Crippen LogP contribution < -0.4 is 5.32 Å². The largest absolute Gasteiger partial charge is 0.324 e. The number of aryl methyl sites for hydroxylation is 2. The zero-order valence-corrected chi connectivity index (χ0v) is 17.7. The number of rotatable bonds is 3. The molecule has 1 N–H and O–H groups in total. The van der Waals surface area contributed by atoms with Gasteiger partial charge in [-0.25, -0.2) is 4.39 Å². The summed E-state index contributed by atoms with van der Waals surface area (Å²) in [7, 11) is 0. The summed E-state index contributed by atoms with van der Waals surface area (Å²) in [6, 6.07) is 6.90. The van der Waals surface area contributed by atoms with E-state index in [9.17, 15) is 9.18 Å². The van der Waals surface area contributed by atoms with Crippen LogP contribution in [-0.2, 0) is 17.6 Å². The Hall–Kier alpha value is -2.23. The van der Waals surface area contributed by atoms with E-state index in [1.165, 1.54) is 11.1 Å². The summed E-state index contributed by atoms with van der Waals surface area (Å²) in [5.41, 5.74) is 6.46. The van der Waals surface area contributed by atoms with Gasteiger partial charge in [0.15, 0.2) is 0 Å². The zero-order valence-electron chi connectivity index (χ0n) is 17.7. The predicted octanol–water partition coefficient (Wildman–Crippen LogP) is 5.87. The van der Waals surface area contributed by atoms with Crippen molar-refractivity contribution in [1.29, 1.82) is 0 Å². The fraction of sp³-hybridized carbons (Fsp3) is 0.500. The van der Waals surface area contributed by atoms with Gasteiger partial charge in [0.1, 0.15) is 5.82 Å². The number of fused-ring (bicyclic) bond motifs is 1. The van der Waals surface area contributed by atoms with Gasteiger partial charge >= 0.3 is 0 Å². The van der Waals surface area contributed by atoms with Crippen LogP contribution in [0.4, 0.5) is 10.1 Å². The molecule has 0 bridgehead atoms. The van der Waals surface area contributed by atoms with Crippen LogP contribution in [0.25, 0.3) is 0 Å². The first kappa shape index (κ1) is 20.5. The van der Waals surface area contributed by atoms with E-state index in [2.05, 4.69) is 33.0 Å². The number of hydrogen-bond acceptors (Lipinski definition) is 2. The van der Waals surface area contributed by atoms with Crippen molar-refractivity contribution in [1.82, 2.24) is 4.98 Å². The first-order valence-electron chi connectivity index (χ1n) is 10.2. The maximum absolute atomic E-state index is 13.3. The Labute approximate surface area is 167 Å². The molecule has 1 atom stereocenters. The van der Waals surface area contributed by atoms with Crippen molar-refractivity contribution in [2.45, 2.75) is 72.6 Å². The second-order valence-corrected chi connectivity index (χ2v) is 9.23. The summed E-state index contributed by atoms with van der Waals surface area (Å²) in [6.07, 6.45) is 4.35. The Bertz CT molecular complexity index is 866. The maximum atomic E-state index is 13.3. The van der Waals surface area contributed by atoms with Gasteiger partial charge in [-0.05, 0) is 79.7 Å². The van der Waals surface area contributed by atoms with Crippen LogP contribution in [0.3, 0.4) is 0 Å². The Morgan fingerprint density at radius 3 is 2.43 bits per heavy atom. The third-order valence-electron chi connectivity index (χ3n) is 5.61. The number of hydrogen-bond donors (Lipinski definition) is 1. The van der Waals surface area contributed by atoms with Gasteiger partial charge in [0.2, 0.25) is 5.91 Å². The monoisotopic (exact) mass is 382 g/mol. The van der Waals surface area contributed by atoms with E-state index in [1.54, 1.807) is 12.1 Å². The standard InChI is InChI=1S/C24H31FN2O/c1-15-20-12-8-18(17-6-10-19(25)11-7-17)9-13-21(20)26-16(2)23(15)27-22(28)14-24(3,4)5/h6-7,10-11,18H,8-9,12-14H2,1-5H3,(H,27,28). The second kappa shape index (κ2) is 8.02. The molecule has 1 aliphatic rings. The van der Waals surface area contributed by atoms with Crippen LogP contribution >= 0.6 is 0 Å². The average Bonchev–Trinajstić information content (AvgIpc) is 2.80.